The zero-order chi connectivity index (χ0) is 16.8. The second-order valence-corrected chi connectivity index (χ2v) is 7.49. The van der Waals surface area contributed by atoms with Crippen LogP contribution < -0.4 is 0 Å². The van der Waals surface area contributed by atoms with Gasteiger partial charge in [0.15, 0.2) is 0 Å². The summed E-state index contributed by atoms with van der Waals surface area (Å²) in [4.78, 5) is 0. The SMILES string of the molecule is C=CC(C)(O)CC/C=C(\C)CC/C=C(\C)CCC1OC1(C)C. The fourth-order valence-corrected chi connectivity index (χ4v) is 2.56. The van der Waals surface area contributed by atoms with Gasteiger partial charge in [0.25, 0.3) is 0 Å². The van der Waals surface area contributed by atoms with E-state index in [-0.39, 0.29) is 5.60 Å². The minimum Gasteiger partial charge on any atom is -0.386 e. The molecule has 0 aromatic carbocycles. The van der Waals surface area contributed by atoms with Crippen LogP contribution in [0.25, 0.3) is 0 Å². The average molecular weight is 306 g/mol. The third kappa shape index (κ3) is 7.42. The summed E-state index contributed by atoms with van der Waals surface area (Å²) in [5.74, 6) is 0. The van der Waals surface area contributed by atoms with Crippen LogP contribution in [-0.4, -0.2) is 22.4 Å². The Kier molecular flexibility index (Phi) is 7.08. The van der Waals surface area contributed by atoms with E-state index in [1.807, 2.05) is 0 Å². The van der Waals surface area contributed by atoms with Gasteiger partial charge in [0.1, 0.15) is 0 Å². The molecule has 1 rings (SSSR count). The Morgan fingerprint density at radius 1 is 1.18 bits per heavy atom. The van der Waals surface area contributed by atoms with E-state index in [9.17, 15) is 5.11 Å². The number of ether oxygens (including phenoxy) is 1. The summed E-state index contributed by atoms with van der Waals surface area (Å²) in [6, 6.07) is 0. The van der Waals surface area contributed by atoms with Gasteiger partial charge >= 0.3 is 0 Å². The van der Waals surface area contributed by atoms with E-state index in [1.54, 1.807) is 13.0 Å². The van der Waals surface area contributed by atoms with Gasteiger partial charge in [-0.15, -0.1) is 6.58 Å². The molecule has 1 saturated heterocycles. The fraction of sp³-hybridized carbons (Fsp3) is 0.700. The Balaban J connectivity index is 2.18. The van der Waals surface area contributed by atoms with Crippen molar-refractivity contribution >= 4 is 0 Å². The van der Waals surface area contributed by atoms with Gasteiger partial charge in [0, 0.05) is 0 Å². The third-order valence-electron chi connectivity index (χ3n) is 4.58. The van der Waals surface area contributed by atoms with Crippen molar-refractivity contribution in [2.24, 2.45) is 0 Å². The molecular weight excluding hydrogens is 272 g/mol. The minimum absolute atomic E-state index is 0.117. The van der Waals surface area contributed by atoms with Gasteiger partial charge < -0.3 is 9.84 Å². The molecule has 1 heterocycles. The first-order chi connectivity index (χ1) is 10.2. The summed E-state index contributed by atoms with van der Waals surface area (Å²) in [6.45, 7) is 14.2. The Morgan fingerprint density at radius 2 is 1.73 bits per heavy atom. The molecule has 0 bridgehead atoms. The summed E-state index contributed by atoms with van der Waals surface area (Å²) in [5.41, 5.74) is 2.24. The molecule has 0 spiro atoms. The molecule has 126 valence electrons. The van der Waals surface area contributed by atoms with E-state index in [0.717, 1.165) is 38.5 Å². The first-order valence-corrected chi connectivity index (χ1v) is 8.51. The molecule has 0 amide bonds. The number of rotatable bonds is 10. The lowest BCUT2D eigenvalue weighted by atomic mass is 9.98. The van der Waals surface area contributed by atoms with Crippen LogP contribution >= 0.6 is 0 Å². The molecule has 1 aliphatic heterocycles. The van der Waals surface area contributed by atoms with Crippen molar-refractivity contribution in [1.29, 1.82) is 0 Å². The van der Waals surface area contributed by atoms with E-state index >= 15 is 0 Å². The topological polar surface area (TPSA) is 32.8 Å². The van der Waals surface area contributed by atoms with E-state index in [4.69, 9.17) is 4.74 Å². The average Bonchev–Trinajstić information content (AvgIpc) is 3.04. The smallest absolute Gasteiger partial charge is 0.0892 e. The molecule has 0 saturated carbocycles. The lowest BCUT2D eigenvalue weighted by Gasteiger charge is -2.16. The molecule has 0 aromatic heterocycles. The Bertz CT molecular complexity index is 427. The minimum atomic E-state index is -0.744. The molecule has 1 fully saturated rings. The van der Waals surface area contributed by atoms with Crippen molar-refractivity contribution in [3.63, 3.8) is 0 Å². The Hall–Kier alpha value is -0.860. The number of aliphatic hydroxyl groups is 1. The first-order valence-electron chi connectivity index (χ1n) is 8.51. The van der Waals surface area contributed by atoms with Gasteiger partial charge in [-0.25, -0.2) is 0 Å². The first kappa shape index (κ1) is 19.2. The Labute approximate surface area is 137 Å². The second kappa shape index (κ2) is 8.12. The lowest BCUT2D eigenvalue weighted by Crippen LogP contribution is -2.19. The maximum Gasteiger partial charge on any atom is 0.0892 e. The highest BCUT2D eigenvalue weighted by molar-refractivity contribution is 5.06. The van der Waals surface area contributed by atoms with Crippen molar-refractivity contribution in [3.05, 3.63) is 36.0 Å². The highest BCUT2D eigenvalue weighted by Crippen LogP contribution is 2.38. The van der Waals surface area contributed by atoms with E-state index < -0.39 is 5.60 Å². The lowest BCUT2D eigenvalue weighted by molar-refractivity contribution is 0.103. The zero-order valence-corrected chi connectivity index (χ0v) is 15.1. The van der Waals surface area contributed by atoms with Crippen LogP contribution in [0.2, 0.25) is 0 Å². The standard InChI is InChI=1S/C20H34O2/c1-7-20(6,21)15-9-12-16(2)10-8-11-17(3)13-14-18-19(4,5)22-18/h7,11-12,18,21H,1,8-10,13-15H2,2-6H3/b16-12+,17-11+. The van der Waals surface area contributed by atoms with Crippen molar-refractivity contribution in [2.45, 2.75) is 90.4 Å². The highest BCUT2D eigenvalue weighted by atomic mass is 16.6. The van der Waals surface area contributed by atoms with E-state index in [2.05, 4.69) is 46.4 Å². The van der Waals surface area contributed by atoms with Crippen LogP contribution in [0, 0.1) is 0 Å². The van der Waals surface area contributed by atoms with Crippen LogP contribution in [-0.2, 0) is 4.74 Å². The largest absolute Gasteiger partial charge is 0.386 e. The number of allylic oxidation sites excluding steroid dienone is 4. The van der Waals surface area contributed by atoms with Crippen molar-refractivity contribution in [2.75, 3.05) is 0 Å². The van der Waals surface area contributed by atoms with Crippen LogP contribution in [0.5, 0.6) is 0 Å². The Morgan fingerprint density at radius 3 is 2.27 bits per heavy atom. The summed E-state index contributed by atoms with van der Waals surface area (Å²) < 4.78 is 5.61. The van der Waals surface area contributed by atoms with Gasteiger partial charge in [0.05, 0.1) is 17.3 Å². The maximum absolute atomic E-state index is 9.86. The van der Waals surface area contributed by atoms with Crippen LogP contribution in [0.4, 0.5) is 0 Å². The molecule has 2 heteroatoms. The van der Waals surface area contributed by atoms with Crippen LogP contribution in [0.3, 0.4) is 0 Å². The molecule has 0 radical (unpaired) electrons. The molecule has 2 nitrogen and oxygen atoms in total. The molecule has 1 N–H and O–H groups in total. The molecule has 0 aromatic rings. The normalized spacial score (nSPS) is 24.0. The molecule has 1 aliphatic rings. The number of epoxide rings is 1. The van der Waals surface area contributed by atoms with Crippen molar-refractivity contribution in [3.8, 4) is 0 Å². The number of hydrogen-bond donors (Lipinski definition) is 1. The van der Waals surface area contributed by atoms with E-state index in [0.29, 0.717) is 6.10 Å². The van der Waals surface area contributed by atoms with Gasteiger partial charge in [-0.05, 0) is 73.1 Å². The summed E-state index contributed by atoms with van der Waals surface area (Å²) >= 11 is 0. The molecule has 22 heavy (non-hydrogen) atoms. The predicted molar refractivity (Wildman–Crippen MR) is 95.0 cm³/mol. The summed E-state index contributed by atoms with van der Waals surface area (Å²) in [6.07, 6.45) is 12.8. The summed E-state index contributed by atoms with van der Waals surface area (Å²) in [5, 5.41) is 9.86. The highest BCUT2D eigenvalue weighted by Gasteiger charge is 2.46. The van der Waals surface area contributed by atoms with E-state index in [1.165, 1.54) is 11.1 Å². The molecule has 2 atom stereocenters. The molecular formula is C20H34O2. The predicted octanol–water partition coefficient (Wildman–Crippen LogP) is 5.33. The quantitative estimate of drug-likeness (QED) is 0.437. The third-order valence-corrected chi connectivity index (χ3v) is 4.58. The maximum atomic E-state index is 9.86. The molecule has 0 aliphatic carbocycles. The fourth-order valence-electron chi connectivity index (χ4n) is 2.56. The summed E-state index contributed by atoms with van der Waals surface area (Å²) in [7, 11) is 0. The van der Waals surface area contributed by atoms with Crippen LogP contribution in [0.1, 0.15) is 73.1 Å². The van der Waals surface area contributed by atoms with Gasteiger partial charge in [-0.2, -0.15) is 0 Å². The zero-order valence-electron chi connectivity index (χ0n) is 15.1. The molecule has 2 unspecified atom stereocenters. The number of hydrogen-bond acceptors (Lipinski definition) is 2. The second-order valence-electron chi connectivity index (χ2n) is 7.49. The van der Waals surface area contributed by atoms with Crippen LogP contribution in [0.15, 0.2) is 36.0 Å². The van der Waals surface area contributed by atoms with Crippen molar-refractivity contribution in [1.82, 2.24) is 0 Å². The van der Waals surface area contributed by atoms with Gasteiger partial charge in [-0.1, -0.05) is 29.4 Å². The van der Waals surface area contributed by atoms with Gasteiger partial charge in [0.2, 0.25) is 0 Å². The van der Waals surface area contributed by atoms with Crippen molar-refractivity contribution < 1.29 is 9.84 Å². The monoisotopic (exact) mass is 306 g/mol. The van der Waals surface area contributed by atoms with Gasteiger partial charge in [-0.3, -0.25) is 0 Å².